The molecule has 3 aromatic rings. The molecule has 0 bridgehead atoms. The summed E-state index contributed by atoms with van der Waals surface area (Å²) in [7, 11) is 0. The quantitative estimate of drug-likeness (QED) is 0.264. The number of benzene rings is 2. The van der Waals surface area contributed by atoms with Crippen LogP contribution in [0.15, 0.2) is 54.9 Å². The van der Waals surface area contributed by atoms with Crippen LogP contribution in [0.3, 0.4) is 0 Å². The van der Waals surface area contributed by atoms with E-state index in [-0.39, 0.29) is 0 Å². The van der Waals surface area contributed by atoms with Crippen LogP contribution >= 0.6 is 0 Å². The molecule has 0 amide bonds. The number of carboxylic acids is 1. The molecule has 1 aromatic heterocycles. The Morgan fingerprint density at radius 1 is 0.853 bits per heavy atom. The Balaban J connectivity index is 1.70. The van der Waals surface area contributed by atoms with Crippen LogP contribution in [0, 0.1) is 5.92 Å². The highest BCUT2D eigenvalue weighted by atomic mass is 16.4. The zero-order valence-corrected chi connectivity index (χ0v) is 20.9. The number of aryl methyl sites for hydroxylation is 1. The van der Waals surface area contributed by atoms with E-state index in [2.05, 4.69) is 30.7 Å². The number of rotatable bonds is 13. The van der Waals surface area contributed by atoms with Crippen molar-refractivity contribution in [3.63, 3.8) is 0 Å². The highest BCUT2D eigenvalue weighted by Crippen LogP contribution is 2.28. The van der Waals surface area contributed by atoms with Crippen LogP contribution in [-0.4, -0.2) is 21.0 Å². The van der Waals surface area contributed by atoms with Crippen molar-refractivity contribution in [3.05, 3.63) is 71.5 Å². The molecule has 34 heavy (non-hydrogen) atoms. The van der Waals surface area contributed by atoms with Crippen LogP contribution in [0.1, 0.15) is 87.2 Å². The Bertz CT molecular complexity index is 1040. The third kappa shape index (κ3) is 7.24. The van der Waals surface area contributed by atoms with Crippen LogP contribution in [0.2, 0.25) is 0 Å². The summed E-state index contributed by atoms with van der Waals surface area (Å²) in [6, 6.07) is 13.6. The van der Waals surface area contributed by atoms with Gasteiger partial charge in [0.15, 0.2) is 5.82 Å². The number of aromatic nitrogens is 2. The first-order valence-electron chi connectivity index (χ1n) is 12.8. The summed E-state index contributed by atoms with van der Waals surface area (Å²) in [6.07, 6.45) is 14.6. The average molecular weight is 459 g/mol. The van der Waals surface area contributed by atoms with E-state index in [4.69, 9.17) is 0 Å². The summed E-state index contributed by atoms with van der Waals surface area (Å²) in [5, 5.41) is 9.70. The highest BCUT2D eigenvalue weighted by molar-refractivity contribution is 5.96. The second kappa shape index (κ2) is 13.0. The molecule has 1 atom stereocenters. The molecule has 1 N–H and O–H groups in total. The van der Waals surface area contributed by atoms with Gasteiger partial charge >= 0.3 is 5.97 Å². The van der Waals surface area contributed by atoms with Crippen molar-refractivity contribution in [2.24, 2.45) is 5.92 Å². The molecule has 0 radical (unpaired) electrons. The van der Waals surface area contributed by atoms with Crippen molar-refractivity contribution in [2.45, 2.75) is 78.6 Å². The zero-order valence-electron chi connectivity index (χ0n) is 20.9. The van der Waals surface area contributed by atoms with Gasteiger partial charge in [-0.1, -0.05) is 95.7 Å². The lowest BCUT2D eigenvalue weighted by molar-refractivity contribution is 0.0697. The minimum atomic E-state index is -0.904. The molecule has 0 saturated heterocycles. The number of carboxylic acid groups (broad SMARTS) is 1. The van der Waals surface area contributed by atoms with Gasteiger partial charge in [0.1, 0.15) is 0 Å². The molecule has 180 valence electrons. The van der Waals surface area contributed by atoms with E-state index in [1.807, 2.05) is 48.8 Å². The maximum Gasteiger partial charge on any atom is 0.336 e. The Morgan fingerprint density at radius 3 is 2.15 bits per heavy atom. The summed E-state index contributed by atoms with van der Waals surface area (Å²) in [5.74, 6) is 0.354. The number of carbonyl (C=O) groups is 1. The van der Waals surface area contributed by atoms with E-state index >= 15 is 0 Å². The van der Waals surface area contributed by atoms with Gasteiger partial charge in [-0.25, -0.2) is 14.8 Å². The molecule has 4 heteroatoms. The van der Waals surface area contributed by atoms with Crippen molar-refractivity contribution < 1.29 is 9.90 Å². The van der Waals surface area contributed by atoms with Gasteiger partial charge in [-0.2, -0.15) is 0 Å². The first-order valence-corrected chi connectivity index (χ1v) is 12.8. The predicted molar refractivity (Wildman–Crippen MR) is 140 cm³/mol. The number of hydrogen-bond acceptors (Lipinski definition) is 3. The van der Waals surface area contributed by atoms with Crippen molar-refractivity contribution >= 4 is 5.97 Å². The van der Waals surface area contributed by atoms with Crippen LogP contribution in [0.25, 0.3) is 22.5 Å². The molecular formula is C30H38N2O2. The van der Waals surface area contributed by atoms with Gasteiger partial charge in [0.25, 0.3) is 0 Å². The molecule has 0 fully saturated rings. The second-order valence-corrected chi connectivity index (χ2v) is 9.41. The third-order valence-corrected chi connectivity index (χ3v) is 6.57. The van der Waals surface area contributed by atoms with Crippen LogP contribution in [-0.2, 0) is 12.8 Å². The Labute approximate surface area is 204 Å². The maximum absolute atomic E-state index is 11.8. The molecule has 1 heterocycles. The number of hydrogen-bond donors (Lipinski definition) is 1. The fourth-order valence-electron chi connectivity index (χ4n) is 4.23. The normalized spacial score (nSPS) is 12.0. The standard InChI is InChI=1S/C30H38N2O2/c1-4-6-7-8-9-10-11-24-20-31-29(32-21-24)26-15-13-25(14-16-26)28-19-23(18-22(3)5-2)12-17-27(28)30(33)34/h12-17,19-22H,4-11,18H2,1-3H3,(H,33,34)/t22-/m0/s1. The SMILES string of the molecule is CCCCCCCCc1cnc(-c2ccc(-c3cc(C[C@@H](C)CC)ccc3C(=O)O)cc2)nc1. The Morgan fingerprint density at radius 2 is 1.50 bits per heavy atom. The molecule has 0 unspecified atom stereocenters. The van der Waals surface area contributed by atoms with Crippen molar-refractivity contribution in [2.75, 3.05) is 0 Å². The molecule has 0 aliphatic heterocycles. The smallest absolute Gasteiger partial charge is 0.336 e. The molecule has 4 nitrogen and oxygen atoms in total. The minimum Gasteiger partial charge on any atom is -0.478 e. The lowest BCUT2D eigenvalue weighted by Gasteiger charge is -2.13. The Hall–Kier alpha value is -3.01. The molecule has 0 aliphatic rings. The highest BCUT2D eigenvalue weighted by Gasteiger charge is 2.14. The van der Waals surface area contributed by atoms with Gasteiger partial charge in [0.2, 0.25) is 0 Å². The minimum absolute atomic E-state index is 0.330. The largest absolute Gasteiger partial charge is 0.478 e. The molecular weight excluding hydrogens is 420 g/mol. The molecule has 0 spiro atoms. The summed E-state index contributed by atoms with van der Waals surface area (Å²) >= 11 is 0. The first-order chi connectivity index (χ1) is 16.5. The van der Waals surface area contributed by atoms with E-state index < -0.39 is 5.97 Å². The average Bonchev–Trinajstić information content (AvgIpc) is 2.86. The summed E-state index contributed by atoms with van der Waals surface area (Å²) < 4.78 is 0. The van der Waals surface area contributed by atoms with Crippen molar-refractivity contribution in [1.29, 1.82) is 0 Å². The molecule has 0 aliphatic carbocycles. The fraction of sp³-hybridized carbons (Fsp3) is 0.433. The van der Waals surface area contributed by atoms with Gasteiger partial charge < -0.3 is 5.11 Å². The van der Waals surface area contributed by atoms with E-state index in [9.17, 15) is 9.90 Å². The van der Waals surface area contributed by atoms with E-state index in [1.54, 1.807) is 6.07 Å². The van der Waals surface area contributed by atoms with Gasteiger partial charge in [0.05, 0.1) is 5.56 Å². The Kier molecular flexibility index (Phi) is 9.81. The molecule has 2 aromatic carbocycles. The lowest BCUT2D eigenvalue weighted by Crippen LogP contribution is -2.03. The van der Waals surface area contributed by atoms with Crippen LogP contribution in [0.5, 0.6) is 0 Å². The molecule has 3 rings (SSSR count). The summed E-state index contributed by atoms with van der Waals surface area (Å²) in [5.41, 5.74) is 5.27. The van der Waals surface area contributed by atoms with E-state index in [1.165, 1.54) is 49.7 Å². The zero-order chi connectivity index (χ0) is 24.3. The van der Waals surface area contributed by atoms with E-state index in [0.717, 1.165) is 36.0 Å². The van der Waals surface area contributed by atoms with Gasteiger partial charge in [-0.05, 0) is 53.5 Å². The topological polar surface area (TPSA) is 63.1 Å². The van der Waals surface area contributed by atoms with Gasteiger partial charge in [-0.15, -0.1) is 0 Å². The first kappa shape index (κ1) is 25.6. The summed E-state index contributed by atoms with van der Waals surface area (Å²) in [4.78, 5) is 21.0. The number of aromatic carboxylic acids is 1. The van der Waals surface area contributed by atoms with Crippen LogP contribution in [0.4, 0.5) is 0 Å². The third-order valence-electron chi connectivity index (χ3n) is 6.57. The maximum atomic E-state index is 11.8. The van der Waals surface area contributed by atoms with Crippen molar-refractivity contribution in [1.82, 2.24) is 9.97 Å². The van der Waals surface area contributed by atoms with E-state index in [0.29, 0.717) is 17.3 Å². The van der Waals surface area contributed by atoms with Crippen LogP contribution < -0.4 is 0 Å². The second-order valence-electron chi connectivity index (χ2n) is 9.41. The fourth-order valence-corrected chi connectivity index (χ4v) is 4.23. The molecule has 0 saturated carbocycles. The lowest BCUT2D eigenvalue weighted by atomic mass is 9.92. The summed E-state index contributed by atoms with van der Waals surface area (Å²) in [6.45, 7) is 6.64. The van der Waals surface area contributed by atoms with Crippen molar-refractivity contribution in [3.8, 4) is 22.5 Å². The number of unbranched alkanes of at least 4 members (excludes halogenated alkanes) is 5. The number of nitrogens with zero attached hydrogens (tertiary/aromatic N) is 2. The van der Waals surface area contributed by atoms with Gasteiger partial charge in [-0.3, -0.25) is 0 Å². The monoisotopic (exact) mass is 458 g/mol. The predicted octanol–water partition coefficient (Wildman–Crippen LogP) is 8.00. The van der Waals surface area contributed by atoms with Gasteiger partial charge in [0, 0.05) is 18.0 Å².